The lowest BCUT2D eigenvalue weighted by Crippen LogP contribution is -2.35. The van der Waals surface area contributed by atoms with E-state index in [4.69, 9.17) is 16.6 Å². The van der Waals surface area contributed by atoms with Gasteiger partial charge in [-0.3, -0.25) is 14.2 Å². The van der Waals surface area contributed by atoms with E-state index in [2.05, 4.69) is 32.1 Å². The zero-order valence-electron chi connectivity index (χ0n) is 28.7. The van der Waals surface area contributed by atoms with Crippen molar-refractivity contribution >= 4 is 46.2 Å². The summed E-state index contributed by atoms with van der Waals surface area (Å²) in [6.45, 7) is 2.07. The van der Waals surface area contributed by atoms with Crippen LogP contribution in [-0.2, 0) is 37.2 Å². The van der Waals surface area contributed by atoms with E-state index in [9.17, 15) is 36.2 Å². The third-order valence-corrected chi connectivity index (χ3v) is 9.20. The molecule has 1 aliphatic rings. The second kappa shape index (κ2) is 14.6. The Bertz CT molecular complexity index is 2270. The van der Waals surface area contributed by atoms with Gasteiger partial charge in [0.15, 0.2) is 5.82 Å². The van der Waals surface area contributed by atoms with Gasteiger partial charge in [0.25, 0.3) is 12.3 Å². The highest BCUT2D eigenvalue weighted by Crippen LogP contribution is 2.45. The first-order valence-corrected chi connectivity index (χ1v) is 17.8. The molecule has 3 heterocycles. The minimum Gasteiger partial charge on any atom is -0.378 e. The van der Waals surface area contributed by atoms with Crippen LogP contribution < -0.4 is 10.0 Å². The first-order chi connectivity index (χ1) is 25.0. The predicted octanol–water partition coefficient (Wildman–Crippen LogP) is 7.65. The molecule has 3 N–H and O–H groups in total. The Kier molecular flexibility index (Phi) is 10.5. The van der Waals surface area contributed by atoms with Crippen molar-refractivity contribution in [2.24, 2.45) is 7.05 Å². The van der Waals surface area contributed by atoms with Crippen molar-refractivity contribution in [1.82, 2.24) is 29.9 Å². The van der Waals surface area contributed by atoms with Crippen LogP contribution in [0.5, 0.6) is 0 Å². The molecule has 53 heavy (non-hydrogen) atoms. The first-order valence-electron chi connectivity index (χ1n) is 16.2. The van der Waals surface area contributed by atoms with Gasteiger partial charge in [0.05, 0.1) is 27.7 Å². The van der Waals surface area contributed by atoms with Crippen LogP contribution in [0.1, 0.15) is 66.6 Å². The molecule has 5 aromatic rings. The molecule has 3 aromatic heterocycles. The van der Waals surface area contributed by atoms with Crippen molar-refractivity contribution in [3.8, 4) is 23.0 Å². The quantitative estimate of drug-likeness (QED) is 0.0760. The number of benzene rings is 2. The molecule has 2 aromatic carbocycles. The number of pyridine rings is 1. The summed E-state index contributed by atoms with van der Waals surface area (Å²) < 4.78 is 91.7. The molecule has 9 nitrogen and oxygen atoms in total. The van der Waals surface area contributed by atoms with Gasteiger partial charge in [-0.1, -0.05) is 35.5 Å². The third kappa shape index (κ3) is 7.97. The van der Waals surface area contributed by atoms with E-state index in [1.165, 1.54) is 25.8 Å². The Balaban J connectivity index is 1.52. The van der Waals surface area contributed by atoms with E-state index >= 15 is 0 Å². The number of halogens is 7. The summed E-state index contributed by atoms with van der Waals surface area (Å²) in [5.74, 6) is -0.250. The molecule has 0 aliphatic heterocycles. The summed E-state index contributed by atoms with van der Waals surface area (Å²) in [4.78, 5) is 18.6. The van der Waals surface area contributed by atoms with Crippen LogP contribution in [0.15, 0.2) is 42.5 Å². The van der Waals surface area contributed by atoms with Crippen LogP contribution in [0.25, 0.3) is 22.0 Å². The van der Waals surface area contributed by atoms with Crippen LogP contribution in [0.2, 0.25) is 5.02 Å². The van der Waals surface area contributed by atoms with Gasteiger partial charge in [-0.05, 0) is 68.5 Å². The molecule has 0 bridgehead atoms. The van der Waals surface area contributed by atoms with Crippen molar-refractivity contribution < 1.29 is 36.2 Å². The van der Waals surface area contributed by atoms with Gasteiger partial charge >= 0.3 is 0 Å². The fourth-order valence-corrected chi connectivity index (χ4v) is 7.02. The smallest absolute Gasteiger partial charge is 0.290 e. The fourth-order valence-electron chi connectivity index (χ4n) is 6.44. The van der Waals surface area contributed by atoms with E-state index < -0.39 is 65.9 Å². The average molecular weight is 776 g/mol. The van der Waals surface area contributed by atoms with Crippen molar-refractivity contribution in [1.29, 1.82) is 0 Å². The summed E-state index contributed by atoms with van der Waals surface area (Å²) in [7, 11) is 1.70. The number of amides is 1. The summed E-state index contributed by atoms with van der Waals surface area (Å²) in [6.07, 6.45) is -2.64. The Morgan fingerprint density at radius 2 is 1.79 bits per heavy atom. The minimum atomic E-state index is -3.50. The molecule has 0 fully saturated rings. The number of alkyl halides is 4. The second-order valence-corrected chi connectivity index (χ2v) is 14.0. The van der Waals surface area contributed by atoms with Crippen LogP contribution in [-0.4, -0.2) is 47.4 Å². The Morgan fingerprint density at radius 3 is 2.45 bits per heavy atom. The predicted molar refractivity (Wildman–Crippen MR) is 190 cm³/mol. The maximum atomic E-state index is 14.9. The maximum Gasteiger partial charge on any atom is 0.290 e. The summed E-state index contributed by atoms with van der Waals surface area (Å²) in [6, 6.07) is 8.19. The van der Waals surface area contributed by atoms with Gasteiger partial charge in [0, 0.05) is 42.5 Å². The van der Waals surface area contributed by atoms with Crippen LogP contribution >= 0.6 is 23.5 Å². The number of hydrogen-bond donors (Lipinski definition) is 3. The van der Waals surface area contributed by atoms with Gasteiger partial charge in [0.1, 0.15) is 40.9 Å². The highest BCUT2D eigenvalue weighted by atomic mass is 35.5. The SMILES string of the molecule is CSNc1nn(C)c2c(-c3ccc(C#CC(C)(C)O)nc3C(Cc3cc(F)cc(F)c3)NC(=O)Cn3nc(C(F)F)c4c3C(F)(F)CC4)ccc(Cl)c12. The number of fused-ring (bicyclic) bond motifs is 2. The molecule has 1 amide bonds. The lowest BCUT2D eigenvalue weighted by Gasteiger charge is -2.23. The zero-order chi connectivity index (χ0) is 38.4. The van der Waals surface area contributed by atoms with Gasteiger partial charge < -0.3 is 15.1 Å². The minimum absolute atomic E-state index is 0.105. The number of rotatable bonds is 10. The molecule has 278 valence electrons. The highest BCUT2D eigenvalue weighted by Gasteiger charge is 2.46. The number of nitrogens with one attached hydrogen (secondary N) is 2. The molecule has 0 radical (unpaired) electrons. The standard InChI is InChI=1S/C36H32ClF6N7O2S/c1-35(2,52)11-9-21-5-6-22(23-7-8-25(37)28-31(23)49(3)47-34(28)48-53-4)29(44-21)26(15-18-13-19(38)16-20(39)14-18)45-27(51)17-50-32-24(10-12-36(32,42)43)30(46-50)33(40)41/h5-8,13-14,16,26,33,52H,10,12,15,17H2,1-4H3,(H,45,51)(H,47,48). The molecule has 0 spiro atoms. The number of anilines is 1. The summed E-state index contributed by atoms with van der Waals surface area (Å²) in [5, 5.41) is 22.2. The van der Waals surface area contributed by atoms with Crippen molar-refractivity contribution in [2.75, 3.05) is 11.0 Å². The number of nitrogens with zero attached hydrogens (tertiary/aromatic N) is 5. The molecule has 1 unspecified atom stereocenters. The zero-order valence-corrected chi connectivity index (χ0v) is 30.2. The lowest BCUT2D eigenvalue weighted by molar-refractivity contribution is -0.122. The molecule has 17 heteroatoms. The molecule has 0 saturated heterocycles. The number of hydrogen-bond acceptors (Lipinski definition) is 7. The molecule has 1 atom stereocenters. The highest BCUT2D eigenvalue weighted by molar-refractivity contribution is 7.99. The van der Waals surface area contributed by atoms with Crippen molar-refractivity contribution in [3.63, 3.8) is 0 Å². The van der Waals surface area contributed by atoms with Gasteiger partial charge in [0.2, 0.25) is 5.91 Å². The second-order valence-electron chi connectivity index (χ2n) is 13.0. The number of aliphatic hydroxyl groups is 1. The van der Waals surface area contributed by atoms with E-state index in [1.54, 1.807) is 36.0 Å². The Hall–Kier alpha value is -4.72. The van der Waals surface area contributed by atoms with Crippen LogP contribution in [0.4, 0.5) is 32.2 Å². The molecule has 6 rings (SSSR count). The fraction of sp³-hybridized carbons (Fsp3) is 0.333. The lowest BCUT2D eigenvalue weighted by atomic mass is 9.93. The molecular weight excluding hydrogens is 744 g/mol. The van der Waals surface area contributed by atoms with E-state index in [-0.39, 0.29) is 35.4 Å². The Morgan fingerprint density at radius 1 is 1.09 bits per heavy atom. The summed E-state index contributed by atoms with van der Waals surface area (Å²) >= 11 is 7.94. The van der Waals surface area contributed by atoms with E-state index in [0.717, 1.165) is 12.1 Å². The maximum absolute atomic E-state index is 14.9. The first kappa shape index (κ1) is 38.0. The summed E-state index contributed by atoms with van der Waals surface area (Å²) in [5.41, 5.74) is -1.39. The molecule has 1 aliphatic carbocycles. The van der Waals surface area contributed by atoms with Crippen LogP contribution in [0.3, 0.4) is 0 Å². The average Bonchev–Trinajstić information content (AvgIpc) is 3.71. The molecule has 0 saturated carbocycles. The number of carbonyl (C=O) groups excluding carboxylic acids is 1. The van der Waals surface area contributed by atoms with E-state index in [1.807, 2.05) is 6.26 Å². The monoisotopic (exact) mass is 775 g/mol. The van der Waals surface area contributed by atoms with Gasteiger partial charge in [-0.2, -0.15) is 19.0 Å². The third-order valence-electron chi connectivity index (χ3n) is 8.49. The number of aromatic nitrogens is 5. The van der Waals surface area contributed by atoms with Crippen LogP contribution in [0, 0.1) is 23.5 Å². The normalized spacial score (nSPS) is 14.3. The van der Waals surface area contributed by atoms with Gasteiger partial charge in [-0.25, -0.2) is 22.5 Å². The topological polar surface area (TPSA) is 110 Å². The van der Waals surface area contributed by atoms with Crippen molar-refractivity contribution in [2.45, 2.75) is 63.6 Å². The molecular formula is C36H32ClF6N7O2S. The Labute approximate surface area is 309 Å². The number of aryl methyl sites for hydroxylation is 1. The van der Waals surface area contributed by atoms with E-state index in [0.29, 0.717) is 43.6 Å². The van der Waals surface area contributed by atoms with Gasteiger partial charge in [-0.15, -0.1) is 0 Å². The largest absolute Gasteiger partial charge is 0.378 e. The van der Waals surface area contributed by atoms with Crippen molar-refractivity contribution in [3.05, 3.63) is 93.0 Å². The number of carbonyl (C=O) groups is 1.